The molecule has 0 spiro atoms. The normalized spacial score (nSPS) is 12.2. The van der Waals surface area contributed by atoms with E-state index in [1.54, 1.807) is 35.7 Å². The van der Waals surface area contributed by atoms with Crippen LogP contribution in [0.5, 0.6) is 0 Å². The van der Waals surface area contributed by atoms with E-state index in [4.69, 9.17) is 16.3 Å². The minimum Gasteiger partial charge on any atom is -0.450 e. The van der Waals surface area contributed by atoms with E-state index >= 15 is 0 Å². The molecule has 0 aromatic heterocycles. The molecule has 0 aliphatic carbocycles. The minimum atomic E-state index is -0.523. The second kappa shape index (κ2) is 7.80. The van der Waals surface area contributed by atoms with Crippen molar-refractivity contribution in [2.45, 2.75) is 23.1 Å². The van der Waals surface area contributed by atoms with Gasteiger partial charge in [0.15, 0.2) is 0 Å². The molecule has 2 aromatic carbocycles. The molecule has 0 bridgehead atoms. The number of hydrogen-bond acceptors (Lipinski definition) is 4. The molecular formula is C18H17ClN2O3S. The molecule has 1 heterocycles. The number of para-hydroxylation sites is 1. The first kappa shape index (κ1) is 17.6. The van der Waals surface area contributed by atoms with E-state index in [0.29, 0.717) is 12.3 Å². The summed E-state index contributed by atoms with van der Waals surface area (Å²) in [7, 11) is 0. The van der Waals surface area contributed by atoms with E-state index in [9.17, 15) is 9.59 Å². The first-order valence-corrected chi connectivity index (χ1v) is 9.22. The second-order valence-corrected chi connectivity index (χ2v) is 6.73. The number of carbonyl (C=O) groups is 2. The molecule has 25 heavy (non-hydrogen) atoms. The SMILES string of the molecule is CCOC(=O)Nc1ccc2c(c1)N(C(=O)CCCl)c1ccccc1S2. The van der Waals surface area contributed by atoms with Crippen molar-refractivity contribution in [1.82, 2.24) is 0 Å². The van der Waals surface area contributed by atoms with Gasteiger partial charge in [-0.05, 0) is 37.3 Å². The van der Waals surface area contributed by atoms with Gasteiger partial charge in [-0.15, -0.1) is 11.6 Å². The largest absolute Gasteiger partial charge is 0.450 e. The fourth-order valence-corrected chi connectivity index (χ4v) is 3.78. The summed E-state index contributed by atoms with van der Waals surface area (Å²) >= 11 is 7.37. The quantitative estimate of drug-likeness (QED) is 0.761. The van der Waals surface area contributed by atoms with Gasteiger partial charge in [-0.25, -0.2) is 4.79 Å². The third-order valence-electron chi connectivity index (χ3n) is 3.61. The Hall–Kier alpha value is -2.18. The fourth-order valence-electron chi connectivity index (χ4n) is 2.58. The van der Waals surface area contributed by atoms with Gasteiger partial charge in [0.05, 0.1) is 18.0 Å². The van der Waals surface area contributed by atoms with Crippen LogP contribution in [0.1, 0.15) is 13.3 Å². The number of nitrogens with one attached hydrogen (secondary N) is 1. The van der Waals surface area contributed by atoms with Crippen molar-refractivity contribution in [1.29, 1.82) is 0 Å². The van der Waals surface area contributed by atoms with E-state index in [1.165, 1.54) is 0 Å². The Morgan fingerprint density at radius 1 is 1.16 bits per heavy atom. The first-order valence-electron chi connectivity index (χ1n) is 7.87. The molecule has 0 radical (unpaired) electrons. The van der Waals surface area contributed by atoms with Crippen molar-refractivity contribution in [3.63, 3.8) is 0 Å². The highest BCUT2D eigenvalue weighted by Gasteiger charge is 2.28. The highest BCUT2D eigenvalue weighted by Crippen LogP contribution is 2.49. The number of nitrogens with zero attached hydrogens (tertiary/aromatic N) is 1. The molecule has 0 saturated carbocycles. The zero-order chi connectivity index (χ0) is 17.8. The maximum Gasteiger partial charge on any atom is 0.411 e. The number of rotatable bonds is 4. The summed E-state index contributed by atoms with van der Waals surface area (Å²) < 4.78 is 4.91. The second-order valence-electron chi connectivity index (χ2n) is 5.27. The molecule has 0 atom stereocenters. The summed E-state index contributed by atoms with van der Waals surface area (Å²) in [5.41, 5.74) is 2.12. The zero-order valence-electron chi connectivity index (χ0n) is 13.6. The van der Waals surface area contributed by atoms with Gasteiger partial charge in [0.2, 0.25) is 5.91 Å². The monoisotopic (exact) mass is 376 g/mol. The van der Waals surface area contributed by atoms with Crippen LogP contribution in [0.25, 0.3) is 0 Å². The highest BCUT2D eigenvalue weighted by molar-refractivity contribution is 7.99. The van der Waals surface area contributed by atoms with Gasteiger partial charge in [0.1, 0.15) is 0 Å². The maximum absolute atomic E-state index is 12.7. The number of fused-ring (bicyclic) bond motifs is 2. The lowest BCUT2D eigenvalue weighted by molar-refractivity contribution is -0.117. The summed E-state index contributed by atoms with van der Waals surface area (Å²) in [4.78, 5) is 28.0. The third-order valence-corrected chi connectivity index (χ3v) is 4.92. The van der Waals surface area contributed by atoms with Crippen LogP contribution in [0, 0.1) is 0 Å². The number of alkyl halides is 1. The smallest absolute Gasteiger partial charge is 0.411 e. The van der Waals surface area contributed by atoms with Gasteiger partial charge in [0, 0.05) is 27.8 Å². The summed E-state index contributed by atoms with van der Waals surface area (Å²) in [6.45, 7) is 2.03. The fraction of sp³-hybridized carbons (Fsp3) is 0.222. The Bertz CT molecular complexity index is 813. The van der Waals surface area contributed by atoms with Crippen molar-refractivity contribution in [3.8, 4) is 0 Å². The number of amides is 2. The average Bonchev–Trinajstić information content (AvgIpc) is 2.60. The van der Waals surface area contributed by atoms with Crippen molar-refractivity contribution < 1.29 is 14.3 Å². The number of hydrogen-bond donors (Lipinski definition) is 1. The summed E-state index contributed by atoms with van der Waals surface area (Å²) in [5, 5.41) is 2.67. The molecule has 7 heteroatoms. The van der Waals surface area contributed by atoms with Crippen LogP contribution in [0.2, 0.25) is 0 Å². The van der Waals surface area contributed by atoms with E-state index < -0.39 is 6.09 Å². The van der Waals surface area contributed by atoms with E-state index in [1.807, 2.05) is 30.3 Å². The van der Waals surface area contributed by atoms with E-state index in [0.717, 1.165) is 21.2 Å². The first-order chi connectivity index (χ1) is 12.1. The van der Waals surface area contributed by atoms with Crippen LogP contribution in [0.3, 0.4) is 0 Å². The molecule has 0 fully saturated rings. The molecule has 3 rings (SSSR count). The molecule has 2 aromatic rings. The van der Waals surface area contributed by atoms with Crippen LogP contribution in [0.15, 0.2) is 52.3 Å². The van der Waals surface area contributed by atoms with Crippen LogP contribution in [0.4, 0.5) is 21.9 Å². The Labute approximate surface area is 155 Å². The maximum atomic E-state index is 12.7. The van der Waals surface area contributed by atoms with Crippen LogP contribution >= 0.6 is 23.4 Å². The summed E-state index contributed by atoms with van der Waals surface area (Å²) in [5.74, 6) is 0.165. The molecular weight excluding hydrogens is 360 g/mol. The predicted molar refractivity (Wildman–Crippen MR) is 100 cm³/mol. The lowest BCUT2D eigenvalue weighted by Gasteiger charge is -2.31. The van der Waals surface area contributed by atoms with Crippen LogP contribution in [-0.2, 0) is 9.53 Å². The molecule has 1 aliphatic heterocycles. The molecule has 0 unspecified atom stereocenters. The number of anilines is 3. The van der Waals surface area contributed by atoms with Gasteiger partial charge in [0.25, 0.3) is 0 Å². The number of ether oxygens (including phenoxy) is 1. The van der Waals surface area contributed by atoms with Gasteiger partial charge < -0.3 is 4.74 Å². The van der Waals surface area contributed by atoms with Crippen molar-refractivity contribution in [2.24, 2.45) is 0 Å². The summed E-state index contributed by atoms with van der Waals surface area (Å²) in [6, 6.07) is 13.2. The highest BCUT2D eigenvalue weighted by atomic mass is 35.5. The lowest BCUT2D eigenvalue weighted by atomic mass is 10.2. The van der Waals surface area contributed by atoms with Crippen molar-refractivity contribution in [3.05, 3.63) is 42.5 Å². The molecule has 2 amide bonds. The third kappa shape index (κ3) is 3.75. The van der Waals surface area contributed by atoms with Gasteiger partial charge in [-0.3, -0.25) is 15.0 Å². The summed E-state index contributed by atoms with van der Waals surface area (Å²) in [6.07, 6.45) is -0.292. The Balaban J connectivity index is 2.00. The topological polar surface area (TPSA) is 58.6 Å². The molecule has 1 aliphatic rings. The number of halogens is 1. The zero-order valence-corrected chi connectivity index (χ0v) is 15.2. The number of carbonyl (C=O) groups excluding carboxylic acids is 2. The van der Waals surface area contributed by atoms with E-state index in [2.05, 4.69) is 5.32 Å². The molecule has 5 nitrogen and oxygen atoms in total. The van der Waals surface area contributed by atoms with Gasteiger partial charge >= 0.3 is 6.09 Å². The molecule has 0 saturated heterocycles. The lowest BCUT2D eigenvalue weighted by Crippen LogP contribution is -2.28. The number of benzene rings is 2. The van der Waals surface area contributed by atoms with Gasteiger partial charge in [-0.2, -0.15) is 0 Å². The van der Waals surface area contributed by atoms with Crippen LogP contribution in [-0.4, -0.2) is 24.5 Å². The Morgan fingerprint density at radius 3 is 2.68 bits per heavy atom. The van der Waals surface area contributed by atoms with E-state index in [-0.39, 0.29) is 18.2 Å². The Morgan fingerprint density at radius 2 is 1.92 bits per heavy atom. The van der Waals surface area contributed by atoms with Crippen LogP contribution < -0.4 is 10.2 Å². The average molecular weight is 377 g/mol. The Kier molecular flexibility index (Phi) is 5.50. The molecule has 1 N–H and O–H groups in total. The van der Waals surface area contributed by atoms with Crippen molar-refractivity contribution in [2.75, 3.05) is 22.7 Å². The minimum absolute atomic E-state index is 0.0858. The van der Waals surface area contributed by atoms with Gasteiger partial charge in [-0.1, -0.05) is 23.9 Å². The molecule has 130 valence electrons. The predicted octanol–water partition coefficient (Wildman–Crippen LogP) is 5.01. The standard InChI is InChI=1S/C18H17ClN2O3S/c1-2-24-18(23)20-12-7-8-16-14(11-12)21(17(22)9-10-19)13-5-3-4-6-15(13)25-16/h3-8,11H,2,9-10H2,1H3,(H,20,23). The van der Waals surface area contributed by atoms with Crippen molar-refractivity contribution >= 4 is 52.4 Å².